The highest BCUT2D eigenvalue weighted by atomic mass is 79.9. The molecule has 1 aromatic heterocycles. The normalized spacial score (nSPS) is 10.5. The molecule has 5 heteroatoms. The lowest BCUT2D eigenvalue weighted by molar-refractivity contribution is 0.415. The topological polar surface area (TPSA) is 47.3 Å². The fourth-order valence-corrected chi connectivity index (χ4v) is 2.29. The molecular weight excluding hydrogens is 344 g/mol. The maximum Gasteiger partial charge on any atom is 0.214 e. The van der Waals surface area contributed by atoms with Gasteiger partial charge in [0.05, 0.1) is 19.9 Å². The average Bonchev–Trinajstić information content (AvgIpc) is 3.03. The molecule has 22 heavy (non-hydrogen) atoms. The Labute approximate surface area is 137 Å². The fourth-order valence-electron chi connectivity index (χ4n) is 2.03. The molecule has 0 radical (unpaired) electrons. The third-order valence-corrected chi connectivity index (χ3v) is 3.74. The summed E-state index contributed by atoms with van der Waals surface area (Å²) in [7, 11) is 1.65. The summed E-state index contributed by atoms with van der Waals surface area (Å²) in [5, 5.41) is 3.27. The van der Waals surface area contributed by atoms with Crippen LogP contribution in [0.15, 0.2) is 63.6 Å². The Bertz CT molecular complexity index is 736. The van der Waals surface area contributed by atoms with Gasteiger partial charge in [0.1, 0.15) is 5.75 Å². The summed E-state index contributed by atoms with van der Waals surface area (Å²) >= 11 is 3.42. The number of aromatic nitrogens is 1. The van der Waals surface area contributed by atoms with E-state index >= 15 is 0 Å². The molecule has 3 rings (SSSR count). The smallest absolute Gasteiger partial charge is 0.214 e. The van der Waals surface area contributed by atoms with Crippen LogP contribution in [0, 0.1) is 0 Å². The largest absolute Gasteiger partial charge is 0.497 e. The van der Waals surface area contributed by atoms with Crippen molar-refractivity contribution in [2.45, 2.75) is 6.54 Å². The fraction of sp³-hybridized carbons (Fsp3) is 0.118. The van der Waals surface area contributed by atoms with Crippen LogP contribution in [-0.2, 0) is 6.54 Å². The van der Waals surface area contributed by atoms with Crippen LogP contribution in [0.25, 0.3) is 11.3 Å². The number of ether oxygens (including phenoxy) is 1. The highest BCUT2D eigenvalue weighted by Gasteiger charge is 2.06. The summed E-state index contributed by atoms with van der Waals surface area (Å²) < 4.78 is 11.9. The molecule has 0 saturated carbocycles. The molecule has 1 heterocycles. The SMILES string of the molecule is COc1ccc(NCc2ncc(-c3ccc(Br)cc3)o2)cc1. The first-order valence-electron chi connectivity index (χ1n) is 6.83. The number of hydrogen-bond donors (Lipinski definition) is 1. The molecule has 0 atom stereocenters. The molecule has 0 aliphatic heterocycles. The Hall–Kier alpha value is -2.27. The molecule has 3 aromatic rings. The minimum absolute atomic E-state index is 0.531. The number of hydrogen-bond acceptors (Lipinski definition) is 4. The second-order valence-corrected chi connectivity index (χ2v) is 5.62. The number of halogens is 1. The Balaban J connectivity index is 1.65. The van der Waals surface area contributed by atoms with Crippen molar-refractivity contribution in [1.82, 2.24) is 4.98 Å². The van der Waals surface area contributed by atoms with Crippen molar-refractivity contribution in [3.63, 3.8) is 0 Å². The second kappa shape index (κ2) is 6.66. The maximum atomic E-state index is 5.76. The van der Waals surface area contributed by atoms with E-state index < -0.39 is 0 Å². The molecule has 4 nitrogen and oxygen atoms in total. The van der Waals surface area contributed by atoms with E-state index in [1.807, 2.05) is 48.5 Å². The Morgan fingerprint density at radius 3 is 2.50 bits per heavy atom. The maximum absolute atomic E-state index is 5.76. The third-order valence-electron chi connectivity index (χ3n) is 3.22. The van der Waals surface area contributed by atoms with Crippen LogP contribution < -0.4 is 10.1 Å². The number of rotatable bonds is 5. The van der Waals surface area contributed by atoms with Crippen LogP contribution in [0.4, 0.5) is 5.69 Å². The van der Waals surface area contributed by atoms with Crippen molar-refractivity contribution < 1.29 is 9.15 Å². The van der Waals surface area contributed by atoms with E-state index in [9.17, 15) is 0 Å². The molecule has 0 fully saturated rings. The van der Waals surface area contributed by atoms with Gasteiger partial charge < -0.3 is 14.5 Å². The first-order chi connectivity index (χ1) is 10.7. The number of nitrogens with one attached hydrogen (secondary N) is 1. The van der Waals surface area contributed by atoms with Gasteiger partial charge in [-0.25, -0.2) is 4.98 Å². The van der Waals surface area contributed by atoms with Crippen molar-refractivity contribution >= 4 is 21.6 Å². The lowest BCUT2D eigenvalue weighted by Crippen LogP contribution is -1.99. The van der Waals surface area contributed by atoms with Crippen molar-refractivity contribution in [3.05, 3.63) is 65.1 Å². The average molecular weight is 359 g/mol. The quantitative estimate of drug-likeness (QED) is 0.716. The summed E-state index contributed by atoms with van der Waals surface area (Å²) in [6, 6.07) is 15.7. The Morgan fingerprint density at radius 2 is 1.82 bits per heavy atom. The molecule has 0 unspecified atom stereocenters. The second-order valence-electron chi connectivity index (χ2n) is 4.71. The standard InChI is InChI=1S/C17H15BrN2O2/c1-21-15-8-6-14(7-9-15)19-11-17-20-10-16(22-17)12-2-4-13(18)5-3-12/h2-10,19H,11H2,1H3. The van der Waals surface area contributed by atoms with E-state index in [2.05, 4.69) is 26.2 Å². The number of benzene rings is 2. The van der Waals surface area contributed by atoms with E-state index in [1.54, 1.807) is 13.3 Å². The van der Waals surface area contributed by atoms with Gasteiger partial charge in [-0.3, -0.25) is 0 Å². The predicted molar refractivity (Wildman–Crippen MR) is 90.0 cm³/mol. The highest BCUT2D eigenvalue weighted by Crippen LogP contribution is 2.23. The zero-order valence-electron chi connectivity index (χ0n) is 12.0. The van der Waals surface area contributed by atoms with Crippen LogP contribution in [0.2, 0.25) is 0 Å². The van der Waals surface area contributed by atoms with Crippen LogP contribution in [0.3, 0.4) is 0 Å². The van der Waals surface area contributed by atoms with Crippen molar-refractivity contribution in [2.75, 3.05) is 12.4 Å². The van der Waals surface area contributed by atoms with Crippen LogP contribution in [-0.4, -0.2) is 12.1 Å². The summed E-state index contributed by atoms with van der Waals surface area (Å²) in [5.41, 5.74) is 2.00. The van der Waals surface area contributed by atoms with Gasteiger partial charge in [-0.15, -0.1) is 0 Å². The van der Waals surface area contributed by atoms with Crippen molar-refractivity contribution in [3.8, 4) is 17.1 Å². The van der Waals surface area contributed by atoms with Gasteiger partial charge in [-0.2, -0.15) is 0 Å². The van der Waals surface area contributed by atoms with Gasteiger partial charge in [-0.1, -0.05) is 28.1 Å². The van der Waals surface area contributed by atoms with Crippen molar-refractivity contribution in [1.29, 1.82) is 0 Å². The minimum Gasteiger partial charge on any atom is -0.497 e. The van der Waals surface area contributed by atoms with Crippen LogP contribution >= 0.6 is 15.9 Å². The zero-order valence-corrected chi connectivity index (χ0v) is 13.6. The number of anilines is 1. The summed E-state index contributed by atoms with van der Waals surface area (Å²) in [6.45, 7) is 0.531. The van der Waals surface area contributed by atoms with E-state index in [1.165, 1.54) is 0 Å². The summed E-state index contributed by atoms with van der Waals surface area (Å²) in [4.78, 5) is 4.30. The molecule has 1 N–H and O–H groups in total. The number of nitrogens with zero attached hydrogens (tertiary/aromatic N) is 1. The third kappa shape index (κ3) is 3.49. The molecule has 0 amide bonds. The number of oxazole rings is 1. The first kappa shape index (κ1) is 14.7. The van der Waals surface area contributed by atoms with Gasteiger partial charge in [0.2, 0.25) is 5.89 Å². The molecule has 112 valence electrons. The van der Waals surface area contributed by atoms with E-state index in [0.29, 0.717) is 12.4 Å². The van der Waals surface area contributed by atoms with Gasteiger partial charge in [0, 0.05) is 15.7 Å². The van der Waals surface area contributed by atoms with Gasteiger partial charge in [0.25, 0.3) is 0 Å². The summed E-state index contributed by atoms with van der Waals surface area (Å²) in [6.07, 6.45) is 1.74. The monoisotopic (exact) mass is 358 g/mol. The van der Waals surface area contributed by atoms with Gasteiger partial charge >= 0.3 is 0 Å². The molecule has 0 aliphatic carbocycles. The van der Waals surface area contributed by atoms with E-state index in [-0.39, 0.29) is 0 Å². The molecule has 0 saturated heterocycles. The predicted octanol–water partition coefficient (Wildman–Crippen LogP) is 4.72. The van der Waals surface area contributed by atoms with Crippen molar-refractivity contribution in [2.24, 2.45) is 0 Å². The van der Waals surface area contributed by atoms with E-state index in [0.717, 1.165) is 27.2 Å². The van der Waals surface area contributed by atoms with Crippen LogP contribution in [0.5, 0.6) is 5.75 Å². The summed E-state index contributed by atoms with van der Waals surface area (Å²) in [5.74, 6) is 2.24. The molecular formula is C17H15BrN2O2. The zero-order chi connectivity index (χ0) is 15.4. The lowest BCUT2D eigenvalue weighted by atomic mass is 10.2. The number of methoxy groups -OCH3 is 1. The Kier molecular flexibility index (Phi) is 4.44. The lowest BCUT2D eigenvalue weighted by Gasteiger charge is -2.05. The molecule has 0 bridgehead atoms. The van der Waals surface area contributed by atoms with Crippen LogP contribution in [0.1, 0.15) is 5.89 Å². The van der Waals surface area contributed by atoms with E-state index in [4.69, 9.17) is 9.15 Å². The van der Waals surface area contributed by atoms with Gasteiger partial charge in [-0.05, 0) is 36.4 Å². The molecule has 2 aromatic carbocycles. The van der Waals surface area contributed by atoms with Gasteiger partial charge in [0.15, 0.2) is 5.76 Å². The molecule has 0 aliphatic rings. The molecule has 0 spiro atoms. The Morgan fingerprint density at radius 1 is 1.09 bits per heavy atom. The minimum atomic E-state index is 0.531. The highest BCUT2D eigenvalue weighted by molar-refractivity contribution is 9.10. The first-order valence-corrected chi connectivity index (χ1v) is 7.62.